The van der Waals surface area contributed by atoms with Gasteiger partial charge in [0.25, 0.3) is 0 Å². The summed E-state index contributed by atoms with van der Waals surface area (Å²) >= 11 is 0. The summed E-state index contributed by atoms with van der Waals surface area (Å²) < 4.78 is 18.1. The lowest BCUT2D eigenvalue weighted by molar-refractivity contribution is -0.129. The van der Waals surface area contributed by atoms with Crippen LogP contribution in [0.3, 0.4) is 0 Å². The molecule has 0 spiro atoms. The summed E-state index contributed by atoms with van der Waals surface area (Å²) in [6, 6.07) is 6.39. The third-order valence-electron chi connectivity index (χ3n) is 2.62. The summed E-state index contributed by atoms with van der Waals surface area (Å²) in [5.74, 6) is -1.03. The van der Waals surface area contributed by atoms with Gasteiger partial charge < -0.3 is 15.4 Å². The first-order valence-corrected chi connectivity index (χ1v) is 6.39. The van der Waals surface area contributed by atoms with Gasteiger partial charge in [-0.15, -0.1) is 0 Å². The van der Waals surface area contributed by atoms with Gasteiger partial charge in [0.2, 0.25) is 11.8 Å². The van der Waals surface area contributed by atoms with Crippen molar-refractivity contribution in [1.29, 1.82) is 0 Å². The topological polar surface area (TPSA) is 67.4 Å². The van der Waals surface area contributed by atoms with Crippen LogP contribution in [-0.2, 0) is 20.7 Å². The molecule has 0 bridgehead atoms. The zero-order valence-electron chi connectivity index (χ0n) is 11.4. The zero-order chi connectivity index (χ0) is 14.8. The molecule has 1 aromatic carbocycles. The highest BCUT2D eigenvalue weighted by atomic mass is 19.1. The highest BCUT2D eigenvalue weighted by Crippen LogP contribution is 2.06. The third kappa shape index (κ3) is 6.29. The van der Waals surface area contributed by atoms with Gasteiger partial charge in [-0.2, -0.15) is 0 Å². The number of benzene rings is 1. The first-order valence-electron chi connectivity index (χ1n) is 6.39. The smallest absolute Gasteiger partial charge is 0.229 e. The van der Waals surface area contributed by atoms with E-state index in [0.29, 0.717) is 31.7 Å². The minimum absolute atomic E-state index is 0.235. The van der Waals surface area contributed by atoms with Crippen LogP contribution in [0.5, 0.6) is 0 Å². The fraction of sp³-hybridized carbons (Fsp3) is 0.429. The lowest BCUT2D eigenvalue weighted by Gasteiger charge is -2.07. The summed E-state index contributed by atoms with van der Waals surface area (Å²) in [5.41, 5.74) is 0.539. The molecule has 2 amide bonds. The van der Waals surface area contributed by atoms with E-state index in [4.69, 9.17) is 4.74 Å². The average molecular weight is 282 g/mol. The fourth-order valence-electron chi connectivity index (χ4n) is 1.60. The number of halogens is 1. The number of ether oxygens (including phenoxy) is 1. The summed E-state index contributed by atoms with van der Waals surface area (Å²) in [6.07, 6.45) is 0.157. The number of amides is 2. The molecule has 0 fully saturated rings. The Morgan fingerprint density at radius 3 is 2.45 bits per heavy atom. The maximum absolute atomic E-state index is 13.3. The van der Waals surface area contributed by atoms with Crippen LogP contribution in [0.25, 0.3) is 0 Å². The Morgan fingerprint density at radius 2 is 1.80 bits per heavy atom. The van der Waals surface area contributed by atoms with E-state index in [0.717, 1.165) is 0 Å². The van der Waals surface area contributed by atoms with Crippen molar-refractivity contribution in [2.24, 2.45) is 0 Å². The first-order chi connectivity index (χ1) is 9.63. The largest absolute Gasteiger partial charge is 0.383 e. The molecular weight excluding hydrogens is 263 g/mol. The summed E-state index contributed by atoms with van der Waals surface area (Å²) in [5, 5.41) is 5.13. The standard InChI is InChI=1S/C14H19FN2O3/c1-20-9-8-17-14(19)10-13(18)16-7-6-11-4-2-3-5-12(11)15/h2-5H,6-10H2,1H3,(H,16,18)(H,17,19). The normalized spacial score (nSPS) is 10.1. The van der Waals surface area contributed by atoms with E-state index in [2.05, 4.69) is 10.6 Å². The van der Waals surface area contributed by atoms with Gasteiger partial charge in [0, 0.05) is 20.2 Å². The third-order valence-corrected chi connectivity index (χ3v) is 2.62. The second-order valence-electron chi connectivity index (χ2n) is 4.21. The highest BCUT2D eigenvalue weighted by molar-refractivity contribution is 5.96. The van der Waals surface area contributed by atoms with Crippen molar-refractivity contribution >= 4 is 11.8 Å². The Hall–Kier alpha value is -1.95. The van der Waals surface area contributed by atoms with Gasteiger partial charge in [-0.05, 0) is 18.1 Å². The molecule has 0 aliphatic heterocycles. The molecule has 0 aromatic heterocycles. The number of rotatable bonds is 8. The summed E-state index contributed by atoms with van der Waals surface area (Å²) in [6.45, 7) is 1.07. The van der Waals surface area contributed by atoms with Gasteiger partial charge in [-0.25, -0.2) is 4.39 Å². The van der Waals surface area contributed by atoms with Crippen molar-refractivity contribution in [1.82, 2.24) is 10.6 Å². The Balaban J connectivity index is 2.20. The zero-order valence-corrected chi connectivity index (χ0v) is 11.4. The van der Waals surface area contributed by atoms with Crippen LogP contribution in [0.1, 0.15) is 12.0 Å². The van der Waals surface area contributed by atoms with Crippen LogP contribution in [0.4, 0.5) is 4.39 Å². The van der Waals surface area contributed by atoms with Gasteiger partial charge in [0.05, 0.1) is 6.61 Å². The lowest BCUT2D eigenvalue weighted by Crippen LogP contribution is -2.34. The van der Waals surface area contributed by atoms with E-state index >= 15 is 0 Å². The van der Waals surface area contributed by atoms with Crippen molar-refractivity contribution < 1.29 is 18.7 Å². The molecule has 0 aliphatic rings. The monoisotopic (exact) mass is 282 g/mol. The summed E-state index contributed by atoms with van der Waals surface area (Å²) in [7, 11) is 1.53. The van der Waals surface area contributed by atoms with Crippen molar-refractivity contribution in [3.05, 3.63) is 35.6 Å². The Labute approximate surface area is 117 Å². The molecule has 0 saturated heterocycles. The van der Waals surface area contributed by atoms with Crippen molar-refractivity contribution in [2.75, 3.05) is 26.8 Å². The maximum atomic E-state index is 13.3. The Morgan fingerprint density at radius 1 is 1.15 bits per heavy atom. The van der Waals surface area contributed by atoms with E-state index < -0.39 is 0 Å². The van der Waals surface area contributed by atoms with Crippen LogP contribution < -0.4 is 10.6 Å². The van der Waals surface area contributed by atoms with Crippen molar-refractivity contribution in [2.45, 2.75) is 12.8 Å². The molecule has 0 unspecified atom stereocenters. The molecule has 20 heavy (non-hydrogen) atoms. The Bertz CT molecular complexity index is 452. The van der Waals surface area contributed by atoms with Crippen molar-refractivity contribution in [3.63, 3.8) is 0 Å². The molecule has 0 radical (unpaired) electrons. The van der Waals surface area contributed by atoms with Gasteiger partial charge in [-0.3, -0.25) is 9.59 Å². The van der Waals surface area contributed by atoms with Crippen molar-refractivity contribution in [3.8, 4) is 0 Å². The van der Waals surface area contributed by atoms with Crippen LogP contribution in [0.2, 0.25) is 0 Å². The average Bonchev–Trinajstić information content (AvgIpc) is 2.41. The molecule has 5 nitrogen and oxygen atoms in total. The molecule has 0 heterocycles. The number of methoxy groups -OCH3 is 1. The number of hydrogen-bond acceptors (Lipinski definition) is 3. The maximum Gasteiger partial charge on any atom is 0.229 e. The van der Waals surface area contributed by atoms with E-state index in [-0.39, 0.29) is 24.1 Å². The van der Waals surface area contributed by atoms with Crippen LogP contribution in [0.15, 0.2) is 24.3 Å². The quantitative estimate of drug-likeness (QED) is 0.543. The second kappa shape index (κ2) is 9.03. The molecule has 1 rings (SSSR count). The van der Waals surface area contributed by atoms with Crippen LogP contribution >= 0.6 is 0 Å². The minimum Gasteiger partial charge on any atom is -0.383 e. The van der Waals surface area contributed by atoms with E-state index in [1.54, 1.807) is 18.2 Å². The van der Waals surface area contributed by atoms with Crippen LogP contribution in [-0.4, -0.2) is 38.6 Å². The van der Waals surface area contributed by atoms with E-state index in [1.807, 2.05) is 0 Å². The molecule has 0 atom stereocenters. The molecule has 0 saturated carbocycles. The second-order valence-corrected chi connectivity index (χ2v) is 4.21. The SMILES string of the molecule is COCCNC(=O)CC(=O)NCCc1ccccc1F. The van der Waals surface area contributed by atoms with Gasteiger partial charge >= 0.3 is 0 Å². The number of carbonyl (C=O) groups is 2. The highest BCUT2D eigenvalue weighted by Gasteiger charge is 2.08. The van der Waals surface area contributed by atoms with Gasteiger partial charge in [0.1, 0.15) is 12.2 Å². The van der Waals surface area contributed by atoms with Gasteiger partial charge in [0.15, 0.2) is 0 Å². The number of hydrogen-bond donors (Lipinski definition) is 2. The molecule has 1 aromatic rings. The molecule has 6 heteroatoms. The predicted octanol–water partition coefficient (Wildman–Crippen LogP) is 0.637. The molecule has 110 valence electrons. The fourth-order valence-corrected chi connectivity index (χ4v) is 1.60. The van der Waals surface area contributed by atoms with Gasteiger partial charge in [-0.1, -0.05) is 18.2 Å². The van der Waals surface area contributed by atoms with E-state index in [1.165, 1.54) is 13.2 Å². The molecule has 2 N–H and O–H groups in total. The Kier molecular flexibility index (Phi) is 7.27. The first kappa shape index (κ1) is 16.1. The molecular formula is C14H19FN2O3. The summed E-state index contributed by atoms with van der Waals surface area (Å²) in [4.78, 5) is 22.8. The minimum atomic E-state index is -0.378. The predicted molar refractivity (Wildman–Crippen MR) is 72.6 cm³/mol. The van der Waals surface area contributed by atoms with E-state index in [9.17, 15) is 14.0 Å². The number of carbonyl (C=O) groups excluding carboxylic acids is 2. The van der Waals surface area contributed by atoms with Crippen LogP contribution in [0, 0.1) is 5.82 Å². The number of nitrogens with one attached hydrogen (secondary N) is 2. The lowest BCUT2D eigenvalue weighted by atomic mass is 10.1. The molecule has 0 aliphatic carbocycles.